The highest BCUT2D eigenvalue weighted by atomic mass is 16.6. The van der Waals surface area contributed by atoms with Gasteiger partial charge in [0.05, 0.1) is 51.3 Å². The molecule has 0 aromatic rings. The maximum Gasteiger partial charge on any atom is 0.407 e. The number of alkyl carbamates (subject to hydrolysis) is 1. The minimum Gasteiger partial charge on any atom is -0.460 e. The lowest BCUT2D eigenvalue weighted by atomic mass is 9.68. The number of unbranched alkanes of at least 4 members (excludes halogenated alkanes) is 4. The number of esters is 1. The van der Waals surface area contributed by atoms with Crippen molar-refractivity contribution in [3.63, 3.8) is 0 Å². The molecular weight excluding hydrogens is 750 g/mol. The fourth-order valence-electron chi connectivity index (χ4n) is 7.84. The molecule has 1 aliphatic carbocycles. The van der Waals surface area contributed by atoms with Crippen LogP contribution in [0.15, 0.2) is 11.6 Å². The molecule has 2 amide bonds. The molecule has 2 saturated heterocycles. The van der Waals surface area contributed by atoms with E-state index in [1.807, 2.05) is 13.8 Å². The van der Waals surface area contributed by atoms with Crippen molar-refractivity contribution in [2.24, 2.45) is 29.5 Å². The molecule has 1 spiro atoms. The van der Waals surface area contributed by atoms with Crippen molar-refractivity contribution in [1.29, 1.82) is 0 Å². The predicted molar refractivity (Wildman–Crippen MR) is 216 cm³/mol. The van der Waals surface area contributed by atoms with Crippen LogP contribution >= 0.6 is 0 Å². The van der Waals surface area contributed by atoms with E-state index in [-0.39, 0.29) is 79.4 Å². The molecule has 0 bridgehead atoms. The number of allylic oxidation sites excluding steroid dienone is 1. The standard InChI is InChI=1S/C42H71N5O11/c1-26(2)15-16-34-41(7,58-34)38-37(54-8)33(17-18-42(38)25-56-42)57-35(51)20-29(27(3)4)24-55-40(53)45-19-13-11-9-10-12-14-30(48)21-44-22-31(49)32(50)23-46-39(52)36(47-43)28(5)6/h15,27-29,33-34,36-38,44,47H,9-14,16-25,43H2,1-8H3,(H,45,53)(H,46,52)/t29-,33?,34+,36-,37?,38?,41?,42-/m0/s1. The van der Waals surface area contributed by atoms with E-state index in [4.69, 9.17) is 29.5 Å². The molecule has 2 aliphatic heterocycles. The van der Waals surface area contributed by atoms with E-state index in [1.54, 1.807) is 21.0 Å². The van der Waals surface area contributed by atoms with Gasteiger partial charge in [0.25, 0.3) is 0 Å². The summed E-state index contributed by atoms with van der Waals surface area (Å²) >= 11 is 0. The van der Waals surface area contributed by atoms with Crippen LogP contribution in [0, 0.1) is 23.7 Å². The van der Waals surface area contributed by atoms with Gasteiger partial charge in [-0.15, -0.1) is 0 Å². The molecule has 16 heteroatoms. The first-order valence-electron chi connectivity index (χ1n) is 21.1. The Hall–Kier alpha value is -3.28. The number of carbonyl (C=O) groups is 6. The van der Waals surface area contributed by atoms with E-state index in [2.05, 4.69) is 48.2 Å². The summed E-state index contributed by atoms with van der Waals surface area (Å²) < 4.78 is 29.9. The SMILES string of the molecule is COC1C(OC(=O)C[C@@H](COC(=O)NCCCCCCCC(=O)CNCC(=O)C(=O)CNC(=O)[C@@H](NN)C(C)C)C(C)C)CC[C@]2(CO2)C1C1(C)O[C@@H]1CC=C(C)C. The number of carbonyl (C=O) groups excluding carboxylic acids is 6. The van der Waals surface area contributed by atoms with Crippen molar-refractivity contribution in [2.45, 2.75) is 148 Å². The van der Waals surface area contributed by atoms with E-state index in [0.717, 1.165) is 38.5 Å². The monoisotopic (exact) mass is 822 g/mol. The highest BCUT2D eigenvalue weighted by Crippen LogP contribution is 2.59. The van der Waals surface area contributed by atoms with Gasteiger partial charge < -0.3 is 39.6 Å². The normalized spacial score (nSPS) is 25.8. The lowest BCUT2D eigenvalue weighted by Crippen LogP contribution is -2.55. The summed E-state index contributed by atoms with van der Waals surface area (Å²) in [6.45, 7) is 14.3. The Morgan fingerprint density at radius 1 is 0.914 bits per heavy atom. The first-order chi connectivity index (χ1) is 27.5. The van der Waals surface area contributed by atoms with Gasteiger partial charge >= 0.3 is 12.1 Å². The van der Waals surface area contributed by atoms with E-state index >= 15 is 0 Å². The summed E-state index contributed by atoms with van der Waals surface area (Å²) in [5, 5.41) is 7.88. The van der Waals surface area contributed by atoms with Crippen molar-refractivity contribution in [2.75, 3.05) is 46.5 Å². The molecule has 16 nitrogen and oxygen atoms in total. The Labute approximate surface area is 344 Å². The van der Waals surface area contributed by atoms with Crippen LogP contribution in [-0.2, 0) is 47.7 Å². The average molecular weight is 822 g/mol. The topological polar surface area (TPSA) is 229 Å². The second-order valence-corrected chi connectivity index (χ2v) is 17.3. The Kier molecular flexibility index (Phi) is 19.9. The van der Waals surface area contributed by atoms with Gasteiger partial charge in [-0.3, -0.25) is 29.8 Å². The van der Waals surface area contributed by atoms with Gasteiger partial charge in [0.15, 0.2) is 0 Å². The van der Waals surface area contributed by atoms with Crippen LogP contribution in [0.25, 0.3) is 0 Å². The average Bonchev–Trinajstić information content (AvgIpc) is 4.09. The van der Waals surface area contributed by atoms with Gasteiger partial charge in [-0.1, -0.05) is 58.6 Å². The van der Waals surface area contributed by atoms with Crippen LogP contribution in [0.5, 0.6) is 0 Å². The number of ketones is 3. The molecule has 0 radical (unpaired) electrons. The van der Waals surface area contributed by atoms with Crippen molar-refractivity contribution in [3.8, 4) is 0 Å². The second-order valence-electron chi connectivity index (χ2n) is 17.3. The predicted octanol–water partition coefficient (Wildman–Crippen LogP) is 3.24. The first-order valence-corrected chi connectivity index (χ1v) is 21.1. The molecule has 4 unspecified atom stereocenters. The number of rotatable bonds is 28. The lowest BCUT2D eigenvalue weighted by Gasteiger charge is -2.42. The van der Waals surface area contributed by atoms with E-state index in [0.29, 0.717) is 32.4 Å². The summed E-state index contributed by atoms with van der Waals surface area (Å²) in [4.78, 5) is 74.1. The molecule has 3 rings (SSSR count). The molecule has 2 heterocycles. The number of nitrogens with one attached hydrogen (secondary N) is 4. The third-order valence-electron chi connectivity index (χ3n) is 11.7. The summed E-state index contributed by atoms with van der Waals surface area (Å²) in [5.41, 5.74) is 2.89. The van der Waals surface area contributed by atoms with E-state index in [1.165, 1.54) is 5.57 Å². The Morgan fingerprint density at radius 2 is 1.59 bits per heavy atom. The van der Waals surface area contributed by atoms with Gasteiger partial charge in [-0.25, -0.2) is 10.2 Å². The molecule has 0 aromatic carbocycles. The smallest absolute Gasteiger partial charge is 0.407 e. The third kappa shape index (κ3) is 15.1. The van der Waals surface area contributed by atoms with Gasteiger partial charge in [0, 0.05) is 26.0 Å². The Morgan fingerprint density at radius 3 is 2.21 bits per heavy atom. The number of epoxide rings is 2. The maximum atomic E-state index is 13.3. The highest BCUT2D eigenvalue weighted by molar-refractivity contribution is 6.39. The van der Waals surface area contributed by atoms with Gasteiger partial charge in [-0.05, 0) is 64.7 Å². The largest absolute Gasteiger partial charge is 0.460 e. The quantitative estimate of drug-likeness (QED) is 0.0145. The first kappa shape index (κ1) is 49.1. The number of hydrazine groups is 1. The molecule has 330 valence electrons. The van der Waals surface area contributed by atoms with Crippen molar-refractivity contribution in [3.05, 3.63) is 11.6 Å². The molecule has 6 N–H and O–H groups in total. The summed E-state index contributed by atoms with van der Waals surface area (Å²) in [5.74, 6) is 2.70. The molecule has 0 aromatic heterocycles. The number of methoxy groups -OCH3 is 1. The van der Waals surface area contributed by atoms with Gasteiger partial charge in [-0.2, -0.15) is 0 Å². The van der Waals surface area contributed by atoms with Crippen LogP contribution in [0.4, 0.5) is 4.79 Å². The van der Waals surface area contributed by atoms with Crippen LogP contribution in [0.3, 0.4) is 0 Å². The highest BCUT2D eigenvalue weighted by Gasteiger charge is 2.72. The lowest BCUT2D eigenvalue weighted by molar-refractivity contribution is -0.173. The fourth-order valence-corrected chi connectivity index (χ4v) is 7.84. The van der Waals surface area contributed by atoms with Crippen LogP contribution in [0.2, 0.25) is 0 Å². The zero-order valence-electron chi connectivity index (χ0n) is 36.1. The van der Waals surface area contributed by atoms with Crippen LogP contribution < -0.4 is 27.2 Å². The Bertz CT molecular complexity index is 1430. The van der Waals surface area contributed by atoms with Crippen molar-refractivity contribution < 1.29 is 52.5 Å². The molecule has 1 saturated carbocycles. The van der Waals surface area contributed by atoms with E-state index in [9.17, 15) is 28.8 Å². The number of amides is 2. The summed E-state index contributed by atoms with van der Waals surface area (Å²) in [6.07, 6.45) is 7.63. The summed E-state index contributed by atoms with van der Waals surface area (Å²) in [6, 6.07) is -0.684. The van der Waals surface area contributed by atoms with Crippen LogP contribution in [0.1, 0.15) is 113 Å². The fraction of sp³-hybridized carbons (Fsp3) is 0.810. The molecular formula is C42H71N5O11. The number of Topliss-reactive ketones (excluding diaryl/α,β-unsaturated/α-hetero) is 3. The molecule has 58 heavy (non-hydrogen) atoms. The molecule has 3 fully saturated rings. The zero-order chi connectivity index (χ0) is 43.0. The molecule has 3 aliphatic rings. The van der Waals surface area contributed by atoms with E-state index < -0.39 is 47.9 Å². The van der Waals surface area contributed by atoms with Crippen LogP contribution in [-0.4, -0.2) is 117 Å². The minimum absolute atomic E-state index is 0.0263. The maximum absolute atomic E-state index is 13.3. The second kappa shape index (κ2) is 23.5. The third-order valence-corrected chi connectivity index (χ3v) is 11.7. The molecule has 8 atom stereocenters. The number of hydrogen-bond donors (Lipinski definition) is 5. The minimum atomic E-state index is -0.761. The Balaban J connectivity index is 1.25. The van der Waals surface area contributed by atoms with Crippen molar-refractivity contribution in [1.82, 2.24) is 21.4 Å². The number of hydrogen-bond acceptors (Lipinski definition) is 14. The zero-order valence-corrected chi connectivity index (χ0v) is 36.1. The summed E-state index contributed by atoms with van der Waals surface area (Å²) in [7, 11) is 1.66. The number of ether oxygens (including phenoxy) is 5. The van der Waals surface area contributed by atoms with Gasteiger partial charge in [0.2, 0.25) is 17.5 Å². The number of nitrogens with two attached hydrogens (primary N) is 1. The van der Waals surface area contributed by atoms with Crippen molar-refractivity contribution >= 4 is 35.3 Å². The van der Waals surface area contributed by atoms with Gasteiger partial charge in [0.1, 0.15) is 35.2 Å².